The van der Waals surface area contributed by atoms with Crippen molar-refractivity contribution >= 4 is 34.1 Å². The number of likely N-dealkylation sites (N-methyl/N-ethyl adjacent to an activating group) is 1. The summed E-state index contributed by atoms with van der Waals surface area (Å²) >= 11 is 0. The van der Waals surface area contributed by atoms with Gasteiger partial charge in [0, 0.05) is 29.7 Å². The number of rotatable bonds is 4. The average Bonchev–Trinajstić information content (AvgIpc) is 2.92. The molecule has 3 aromatic rings. The van der Waals surface area contributed by atoms with Crippen molar-refractivity contribution in [2.75, 3.05) is 14.1 Å². The van der Waals surface area contributed by atoms with E-state index in [1.807, 2.05) is 25.9 Å². The highest BCUT2D eigenvalue weighted by atomic mass is 16.6. The molecule has 0 bridgehead atoms. The van der Waals surface area contributed by atoms with Gasteiger partial charge in [0.05, 0.1) is 34.3 Å². The van der Waals surface area contributed by atoms with E-state index in [1.165, 1.54) is 25.1 Å². The van der Waals surface area contributed by atoms with Gasteiger partial charge >= 0.3 is 5.97 Å². The van der Waals surface area contributed by atoms with E-state index >= 15 is 0 Å². The number of phenols is 1. The maximum Gasteiger partial charge on any atom is 0.303 e. The first kappa shape index (κ1) is 29.4. The zero-order valence-corrected chi connectivity index (χ0v) is 25.1. The zero-order valence-electron chi connectivity index (χ0n) is 25.1. The van der Waals surface area contributed by atoms with Crippen LogP contribution in [0.4, 0.5) is 0 Å². The van der Waals surface area contributed by atoms with E-state index in [0.717, 1.165) is 0 Å². The van der Waals surface area contributed by atoms with Crippen LogP contribution in [0.5, 0.6) is 5.75 Å². The van der Waals surface area contributed by atoms with E-state index in [9.17, 15) is 24.3 Å². The normalized spacial score (nSPS) is 24.1. The SMILES string of the molecule is CC=C(C)c1cc(=O)c2c(C)cc3c(c2o1)C(=O)c1c(ccc([C@@H]2C[C@](C)(N(C)C)[C@@H](OC(C)=O)[C@H](C)O2)c1O)C3=O. The third-order valence-electron chi connectivity index (χ3n) is 8.85. The lowest BCUT2D eigenvalue weighted by molar-refractivity contribution is -0.201. The zero-order chi connectivity index (χ0) is 30.8. The summed E-state index contributed by atoms with van der Waals surface area (Å²) in [6, 6.07) is 6.05. The van der Waals surface area contributed by atoms with E-state index in [0.29, 0.717) is 28.9 Å². The first-order valence-electron chi connectivity index (χ1n) is 13.9. The Morgan fingerprint density at radius 3 is 2.40 bits per heavy atom. The molecule has 1 saturated heterocycles. The number of esters is 1. The molecule has 5 rings (SSSR count). The summed E-state index contributed by atoms with van der Waals surface area (Å²) in [5, 5.41) is 11.8. The number of fused-ring (bicyclic) bond motifs is 4. The summed E-state index contributed by atoms with van der Waals surface area (Å²) in [6.07, 6.45) is 0.318. The van der Waals surface area contributed by atoms with Gasteiger partial charge in [-0.15, -0.1) is 0 Å². The van der Waals surface area contributed by atoms with Crippen LogP contribution in [0.2, 0.25) is 0 Å². The van der Waals surface area contributed by atoms with E-state index in [4.69, 9.17) is 13.9 Å². The Balaban J connectivity index is 1.68. The van der Waals surface area contributed by atoms with Crippen molar-refractivity contribution in [2.24, 2.45) is 0 Å². The molecular weight excluding hydrogens is 538 g/mol. The molecule has 9 heteroatoms. The Morgan fingerprint density at radius 2 is 1.79 bits per heavy atom. The minimum Gasteiger partial charge on any atom is -0.507 e. The number of allylic oxidation sites excluding steroid dienone is 2. The average molecular weight is 574 g/mol. The summed E-state index contributed by atoms with van der Waals surface area (Å²) in [5.74, 6) is -1.56. The first-order valence-corrected chi connectivity index (χ1v) is 13.9. The van der Waals surface area contributed by atoms with E-state index in [1.54, 1.807) is 39.8 Å². The number of carbonyl (C=O) groups is 3. The fraction of sp³-hybridized carbons (Fsp3) is 0.394. The van der Waals surface area contributed by atoms with Gasteiger partial charge in [0.25, 0.3) is 0 Å². The van der Waals surface area contributed by atoms with Crippen LogP contribution in [0.3, 0.4) is 0 Å². The topological polar surface area (TPSA) is 123 Å². The van der Waals surface area contributed by atoms with Crippen molar-refractivity contribution in [3.8, 4) is 5.75 Å². The number of ketones is 2. The lowest BCUT2D eigenvalue weighted by Crippen LogP contribution is -2.61. The Kier molecular flexibility index (Phi) is 7.23. The number of carbonyl (C=O) groups excluding carboxylic acids is 3. The number of benzene rings is 2. The van der Waals surface area contributed by atoms with Crippen molar-refractivity contribution in [2.45, 2.75) is 71.8 Å². The molecule has 2 aromatic carbocycles. The van der Waals surface area contributed by atoms with Gasteiger partial charge in [-0.1, -0.05) is 12.1 Å². The molecule has 2 aliphatic rings. The van der Waals surface area contributed by atoms with Gasteiger partial charge in [0.1, 0.15) is 17.6 Å². The van der Waals surface area contributed by atoms with Crippen LogP contribution in [-0.2, 0) is 14.3 Å². The Morgan fingerprint density at radius 1 is 1.10 bits per heavy atom. The van der Waals surface area contributed by atoms with Gasteiger partial charge in [0.15, 0.2) is 16.8 Å². The molecule has 1 aliphatic carbocycles. The minimum absolute atomic E-state index is 0.0226. The molecule has 0 saturated carbocycles. The molecule has 1 aromatic heterocycles. The van der Waals surface area contributed by atoms with Gasteiger partial charge < -0.3 is 23.9 Å². The van der Waals surface area contributed by atoms with Crippen LogP contribution in [0, 0.1) is 6.92 Å². The van der Waals surface area contributed by atoms with Crippen molar-refractivity contribution in [1.29, 1.82) is 0 Å². The summed E-state index contributed by atoms with van der Waals surface area (Å²) in [7, 11) is 3.75. The van der Waals surface area contributed by atoms with E-state index < -0.39 is 41.4 Å². The number of aryl methyl sites for hydroxylation is 1. The van der Waals surface area contributed by atoms with Crippen molar-refractivity contribution in [1.82, 2.24) is 4.90 Å². The third kappa shape index (κ3) is 4.39. The molecule has 0 amide bonds. The Hall–Kier alpha value is -4.08. The minimum atomic E-state index is -0.676. The standard InChI is InChI=1S/C33H35NO8/c1-9-15(2)23-13-22(36)25-16(3)12-21-27(31(25)42-23)30(39)26-20(28(21)37)11-10-19(29(26)38)24-14-33(6,34(7)8)32(17(4)40-24)41-18(5)35/h9-13,17,24,32,38H,14H2,1-8H3/t17-,24-,32-,33-/m0/s1. The summed E-state index contributed by atoms with van der Waals surface area (Å²) in [5.41, 5.74) is 0.560. The van der Waals surface area contributed by atoms with Crippen LogP contribution < -0.4 is 5.43 Å². The van der Waals surface area contributed by atoms with Crippen molar-refractivity contribution in [3.63, 3.8) is 0 Å². The molecule has 4 atom stereocenters. The number of hydrogen-bond acceptors (Lipinski definition) is 9. The van der Waals surface area contributed by atoms with Gasteiger partial charge in [-0.05, 0) is 78.4 Å². The van der Waals surface area contributed by atoms with Crippen molar-refractivity contribution < 1.29 is 33.4 Å². The molecule has 0 radical (unpaired) electrons. The number of hydrogen-bond donors (Lipinski definition) is 1. The number of nitrogens with zero attached hydrogens (tertiary/aromatic N) is 1. The molecule has 0 spiro atoms. The first-order chi connectivity index (χ1) is 19.7. The Labute approximate surface area is 243 Å². The van der Waals surface area contributed by atoms with Crippen LogP contribution in [-0.4, -0.2) is 59.4 Å². The molecule has 2 heterocycles. The molecule has 42 heavy (non-hydrogen) atoms. The summed E-state index contributed by atoms with van der Waals surface area (Å²) in [6.45, 7) is 10.4. The maximum absolute atomic E-state index is 14.2. The molecule has 1 N–H and O–H groups in total. The van der Waals surface area contributed by atoms with Crippen molar-refractivity contribution in [3.05, 3.63) is 79.7 Å². The lowest BCUT2D eigenvalue weighted by Gasteiger charge is -2.50. The molecular formula is C33H35NO8. The smallest absolute Gasteiger partial charge is 0.303 e. The van der Waals surface area contributed by atoms with Crippen LogP contribution >= 0.6 is 0 Å². The quantitative estimate of drug-likeness (QED) is 0.332. The highest BCUT2D eigenvalue weighted by Crippen LogP contribution is 2.46. The van der Waals surface area contributed by atoms with E-state index in [2.05, 4.69) is 0 Å². The van der Waals surface area contributed by atoms with Gasteiger partial charge in [0.2, 0.25) is 5.78 Å². The second-order valence-electron chi connectivity index (χ2n) is 11.7. The number of ether oxygens (including phenoxy) is 2. The maximum atomic E-state index is 14.2. The second kappa shape index (κ2) is 10.3. The highest BCUT2D eigenvalue weighted by Gasteiger charge is 2.50. The monoisotopic (exact) mass is 573 g/mol. The predicted octanol–water partition coefficient (Wildman–Crippen LogP) is 5.11. The van der Waals surface area contributed by atoms with Gasteiger partial charge in [-0.3, -0.25) is 19.2 Å². The molecule has 1 aliphatic heterocycles. The van der Waals surface area contributed by atoms with Crippen LogP contribution in [0.1, 0.15) is 95.9 Å². The predicted molar refractivity (Wildman–Crippen MR) is 157 cm³/mol. The Bertz CT molecular complexity index is 1760. The number of aromatic hydroxyl groups is 1. The largest absolute Gasteiger partial charge is 0.507 e. The van der Waals surface area contributed by atoms with E-state index in [-0.39, 0.29) is 44.4 Å². The third-order valence-corrected chi connectivity index (χ3v) is 8.85. The number of phenolic OH excluding ortho intramolecular Hbond substituents is 1. The van der Waals surface area contributed by atoms with Gasteiger partial charge in [-0.25, -0.2) is 0 Å². The van der Waals surface area contributed by atoms with Crippen LogP contribution in [0.25, 0.3) is 16.5 Å². The lowest BCUT2D eigenvalue weighted by atomic mass is 9.77. The molecule has 1 fully saturated rings. The highest BCUT2D eigenvalue weighted by molar-refractivity contribution is 6.32. The molecule has 0 unspecified atom stereocenters. The fourth-order valence-electron chi connectivity index (χ4n) is 6.22. The fourth-order valence-corrected chi connectivity index (χ4v) is 6.22. The molecule has 9 nitrogen and oxygen atoms in total. The summed E-state index contributed by atoms with van der Waals surface area (Å²) in [4.78, 5) is 54.9. The van der Waals surface area contributed by atoms with Gasteiger partial charge in [-0.2, -0.15) is 0 Å². The second-order valence-corrected chi connectivity index (χ2v) is 11.7. The summed E-state index contributed by atoms with van der Waals surface area (Å²) < 4.78 is 18.0. The molecule has 220 valence electrons. The van der Waals surface area contributed by atoms with Crippen LogP contribution in [0.15, 0.2) is 39.6 Å².